The summed E-state index contributed by atoms with van der Waals surface area (Å²) in [4.78, 5) is 20.4. The molecule has 0 bridgehead atoms. The average molecular weight is 418 g/mol. The number of alkyl halides is 3. The van der Waals surface area contributed by atoms with Crippen molar-refractivity contribution in [3.63, 3.8) is 0 Å². The molecule has 1 saturated carbocycles. The average Bonchev–Trinajstić information content (AvgIpc) is 3.09. The molecule has 1 saturated heterocycles. The second-order valence-corrected chi connectivity index (χ2v) is 7.43. The van der Waals surface area contributed by atoms with E-state index in [0.717, 1.165) is 5.57 Å². The molecule has 2 atom stereocenters. The van der Waals surface area contributed by atoms with Crippen molar-refractivity contribution in [2.45, 2.75) is 78.1 Å². The van der Waals surface area contributed by atoms with Gasteiger partial charge in [0.15, 0.2) is 5.67 Å². The van der Waals surface area contributed by atoms with Crippen LogP contribution in [0.15, 0.2) is 28.8 Å². The van der Waals surface area contributed by atoms with Gasteiger partial charge in [0.2, 0.25) is 0 Å². The molecule has 0 aromatic heterocycles. The van der Waals surface area contributed by atoms with Gasteiger partial charge in [0.05, 0.1) is 6.17 Å². The highest BCUT2D eigenvalue weighted by Crippen LogP contribution is 2.38. The van der Waals surface area contributed by atoms with Crippen molar-refractivity contribution < 1.29 is 19.4 Å². The van der Waals surface area contributed by atoms with Crippen molar-refractivity contribution in [1.82, 2.24) is 9.80 Å². The summed E-state index contributed by atoms with van der Waals surface area (Å²) in [7, 11) is 0. The van der Waals surface area contributed by atoms with E-state index >= 15 is 0 Å². The number of piperazine rings is 1. The van der Waals surface area contributed by atoms with Crippen molar-refractivity contribution in [3.8, 4) is 0 Å². The fourth-order valence-corrected chi connectivity index (χ4v) is 3.58. The minimum Gasteiger partial charge on any atom is -0.337 e. The molecule has 29 heavy (non-hydrogen) atoms. The zero-order chi connectivity index (χ0) is 22.2. The molecule has 2 unspecified atom stereocenters. The van der Waals surface area contributed by atoms with Crippen LogP contribution in [0, 0.1) is 0 Å². The Morgan fingerprint density at radius 1 is 1.34 bits per heavy atom. The van der Waals surface area contributed by atoms with E-state index in [2.05, 4.69) is 11.6 Å². The Balaban J connectivity index is 0.00000272. The SMILES string of the molecule is C=C1CCC(F)(C(=O)N2CCN(C(C)/N=C\C(=C/C)C(F)(F)CC)CC2)C1.CC.[HH]. The predicted molar refractivity (Wildman–Crippen MR) is 115 cm³/mol. The first-order chi connectivity index (χ1) is 13.6. The highest BCUT2D eigenvalue weighted by atomic mass is 19.3. The molecule has 4 nitrogen and oxygen atoms in total. The summed E-state index contributed by atoms with van der Waals surface area (Å²) in [5, 5.41) is 0. The fraction of sp³-hybridized carbons (Fsp3) is 0.727. The minimum absolute atomic E-state index is 0. The lowest BCUT2D eigenvalue weighted by Gasteiger charge is -2.38. The van der Waals surface area contributed by atoms with Crippen molar-refractivity contribution in [1.29, 1.82) is 0 Å². The fourth-order valence-electron chi connectivity index (χ4n) is 3.58. The standard InChI is InChI=1S/C20H30F3N3O.C2H6.H2/c1-5-17(20(22,23)6-2)14-24-16(4)25-9-11-26(12-10-25)18(27)19(21)8-7-15(3)13-19;1-2;/h5,14,16H,3,6-13H2,1-2,4H3;1-2H3;1H/b17-5+,24-14-;;. The van der Waals surface area contributed by atoms with Gasteiger partial charge in [-0.15, -0.1) is 0 Å². The molecule has 0 N–H and O–H groups in total. The Hall–Kier alpha value is -1.63. The van der Waals surface area contributed by atoms with Crippen LogP contribution in [0.3, 0.4) is 0 Å². The number of aliphatic imine (C=N–C) groups is 1. The Kier molecular flexibility index (Phi) is 9.59. The molecular weight excluding hydrogens is 379 g/mol. The van der Waals surface area contributed by atoms with E-state index < -0.39 is 17.5 Å². The topological polar surface area (TPSA) is 35.9 Å². The lowest BCUT2D eigenvalue weighted by molar-refractivity contribution is -0.145. The lowest BCUT2D eigenvalue weighted by atomic mass is 10.0. The quantitative estimate of drug-likeness (QED) is 0.437. The molecule has 2 rings (SSSR count). The maximum Gasteiger partial charge on any atom is 0.274 e. The van der Waals surface area contributed by atoms with E-state index in [-0.39, 0.29) is 32.4 Å². The summed E-state index contributed by atoms with van der Waals surface area (Å²) in [6.45, 7) is 14.5. The van der Waals surface area contributed by atoms with Crippen LogP contribution in [-0.2, 0) is 4.79 Å². The highest BCUT2D eigenvalue weighted by Gasteiger charge is 2.46. The number of carbonyl (C=O) groups excluding carboxylic acids is 1. The summed E-state index contributed by atoms with van der Waals surface area (Å²) in [5.74, 6) is -3.33. The van der Waals surface area contributed by atoms with Crippen molar-refractivity contribution in [3.05, 3.63) is 23.8 Å². The van der Waals surface area contributed by atoms with Gasteiger partial charge in [-0.2, -0.15) is 0 Å². The van der Waals surface area contributed by atoms with Gasteiger partial charge in [-0.25, -0.2) is 13.2 Å². The van der Waals surface area contributed by atoms with Crippen molar-refractivity contribution in [2.75, 3.05) is 26.2 Å². The number of hydrogen-bond acceptors (Lipinski definition) is 3. The van der Waals surface area contributed by atoms with Crippen LogP contribution >= 0.6 is 0 Å². The van der Waals surface area contributed by atoms with Gasteiger partial charge in [0.1, 0.15) is 0 Å². The molecule has 0 aromatic rings. The van der Waals surface area contributed by atoms with Crippen LogP contribution < -0.4 is 0 Å². The second-order valence-electron chi connectivity index (χ2n) is 7.43. The third-order valence-corrected chi connectivity index (χ3v) is 5.52. The van der Waals surface area contributed by atoms with Gasteiger partial charge in [0.25, 0.3) is 11.8 Å². The van der Waals surface area contributed by atoms with Gasteiger partial charge < -0.3 is 4.90 Å². The largest absolute Gasteiger partial charge is 0.337 e. The summed E-state index contributed by atoms with van der Waals surface area (Å²) in [6.07, 6.45) is 2.96. The number of allylic oxidation sites excluding steroid dienone is 3. The predicted octanol–water partition coefficient (Wildman–Crippen LogP) is 5.26. The van der Waals surface area contributed by atoms with E-state index in [1.165, 1.54) is 19.2 Å². The summed E-state index contributed by atoms with van der Waals surface area (Å²) in [5.41, 5.74) is -1.11. The van der Waals surface area contributed by atoms with E-state index in [0.29, 0.717) is 32.6 Å². The first kappa shape index (κ1) is 25.4. The van der Waals surface area contributed by atoms with Gasteiger partial charge >= 0.3 is 0 Å². The zero-order valence-corrected chi connectivity index (χ0v) is 18.5. The number of carbonyl (C=O) groups is 1. The Morgan fingerprint density at radius 3 is 2.38 bits per heavy atom. The third-order valence-electron chi connectivity index (χ3n) is 5.52. The van der Waals surface area contributed by atoms with Crippen LogP contribution in [0.1, 0.15) is 61.7 Å². The molecule has 1 amide bonds. The minimum atomic E-state index is -2.89. The van der Waals surface area contributed by atoms with Gasteiger partial charge in [-0.3, -0.25) is 14.7 Å². The maximum absolute atomic E-state index is 14.8. The number of nitrogens with zero attached hydrogens (tertiary/aromatic N) is 3. The summed E-state index contributed by atoms with van der Waals surface area (Å²) < 4.78 is 42.4. The third kappa shape index (κ3) is 6.43. The second kappa shape index (κ2) is 11.0. The molecule has 0 spiro atoms. The van der Waals surface area contributed by atoms with Crippen LogP contribution in [-0.4, -0.2) is 65.9 Å². The van der Waals surface area contributed by atoms with Gasteiger partial charge in [-0.05, 0) is 26.7 Å². The number of rotatable bonds is 6. The molecule has 1 aliphatic heterocycles. The highest BCUT2D eigenvalue weighted by molar-refractivity contribution is 5.86. The van der Waals surface area contributed by atoms with Crippen LogP contribution in [0.5, 0.6) is 0 Å². The monoisotopic (exact) mass is 417 g/mol. The molecule has 1 aliphatic carbocycles. The molecule has 2 aliphatic rings. The molecule has 0 aromatic carbocycles. The number of halogens is 3. The molecule has 0 radical (unpaired) electrons. The van der Waals surface area contributed by atoms with Crippen molar-refractivity contribution in [2.24, 2.45) is 4.99 Å². The summed E-state index contributed by atoms with van der Waals surface area (Å²) in [6, 6.07) is 0. The normalized spacial score (nSPS) is 25.2. The van der Waals surface area contributed by atoms with E-state index in [1.807, 2.05) is 25.7 Å². The Morgan fingerprint density at radius 2 is 1.93 bits per heavy atom. The molecule has 2 fully saturated rings. The molecule has 1 heterocycles. The smallest absolute Gasteiger partial charge is 0.274 e. The van der Waals surface area contributed by atoms with E-state index in [9.17, 15) is 18.0 Å². The molecular formula is C22H38F3N3O. The zero-order valence-electron chi connectivity index (χ0n) is 18.5. The van der Waals surface area contributed by atoms with E-state index in [1.54, 1.807) is 11.8 Å². The van der Waals surface area contributed by atoms with Crippen molar-refractivity contribution >= 4 is 12.1 Å². The first-order valence-electron chi connectivity index (χ1n) is 10.6. The number of hydrogen-bond donors (Lipinski definition) is 0. The van der Waals surface area contributed by atoms with Crippen LogP contribution in [0.2, 0.25) is 0 Å². The molecule has 7 heteroatoms. The van der Waals surface area contributed by atoms with Gasteiger partial charge in [0, 0.05) is 52.2 Å². The number of amides is 1. The Bertz CT molecular complexity index is 631. The van der Waals surface area contributed by atoms with Crippen LogP contribution in [0.25, 0.3) is 0 Å². The van der Waals surface area contributed by atoms with Gasteiger partial charge in [-0.1, -0.05) is 39.0 Å². The van der Waals surface area contributed by atoms with Crippen LogP contribution in [0.4, 0.5) is 13.2 Å². The molecule has 168 valence electrons. The first-order valence-corrected chi connectivity index (χ1v) is 10.6. The maximum atomic E-state index is 14.8. The lowest BCUT2D eigenvalue weighted by Crippen LogP contribution is -2.55. The van der Waals surface area contributed by atoms with E-state index in [4.69, 9.17) is 0 Å². The Labute approximate surface area is 175 Å². The summed E-state index contributed by atoms with van der Waals surface area (Å²) >= 11 is 0.